The molecule has 5 nitrogen and oxygen atoms in total. The number of nitrogens with one attached hydrogen (secondary N) is 1. The first kappa shape index (κ1) is 13.5. The van der Waals surface area contributed by atoms with Crippen LogP contribution in [-0.2, 0) is 4.74 Å². The molecule has 1 aromatic heterocycles. The summed E-state index contributed by atoms with van der Waals surface area (Å²) in [6, 6.07) is 1.97. The minimum atomic E-state index is -0.128. The van der Waals surface area contributed by atoms with Gasteiger partial charge in [-0.2, -0.15) is 0 Å². The Labute approximate surface area is 119 Å². The Morgan fingerprint density at radius 3 is 2.94 bits per heavy atom. The molecule has 1 aromatic rings. The molecule has 0 bridgehead atoms. The summed E-state index contributed by atoms with van der Waals surface area (Å²) in [6.07, 6.45) is 3.33. The highest BCUT2D eigenvalue weighted by Gasteiger charge is 2.21. The molecule has 6 heteroatoms. The van der Waals surface area contributed by atoms with Gasteiger partial charge in [-0.05, 0) is 41.5 Å². The van der Waals surface area contributed by atoms with E-state index in [1.54, 1.807) is 12.3 Å². The second-order valence-electron chi connectivity index (χ2n) is 4.04. The molecule has 98 valence electrons. The van der Waals surface area contributed by atoms with Crippen LogP contribution < -0.4 is 10.1 Å². The number of pyridine rings is 1. The molecule has 1 saturated heterocycles. The van der Waals surface area contributed by atoms with E-state index in [4.69, 9.17) is 9.47 Å². The second kappa shape index (κ2) is 6.33. The van der Waals surface area contributed by atoms with Gasteiger partial charge in [-0.25, -0.2) is 4.98 Å². The van der Waals surface area contributed by atoms with Crippen LogP contribution in [0.1, 0.15) is 23.2 Å². The highest BCUT2D eigenvalue weighted by atomic mass is 127. The number of rotatable bonds is 3. The van der Waals surface area contributed by atoms with Crippen LogP contribution >= 0.6 is 22.6 Å². The van der Waals surface area contributed by atoms with E-state index in [0.29, 0.717) is 24.7 Å². The molecule has 0 radical (unpaired) electrons. The molecule has 0 spiro atoms. The highest BCUT2D eigenvalue weighted by Crippen LogP contribution is 2.21. The number of hydrogen-bond donors (Lipinski definition) is 1. The van der Waals surface area contributed by atoms with Crippen LogP contribution in [-0.4, -0.2) is 37.3 Å². The number of carbonyl (C=O) groups is 1. The third-order valence-electron chi connectivity index (χ3n) is 2.84. The molecule has 0 aliphatic carbocycles. The topological polar surface area (TPSA) is 60.5 Å². The molecule has 0 saturated carbocycles. The zero-order chi connectivity index (χ0) is 13.0. The number of amides is 1. The number of halogens is 1. The summed E-state index contributed by atoms with van der Waals surface area (Å²) in [5.41, 5.74) is 0.507. The fraction of sp³-hybridized carbons (Fsp3) is 0.500. The molecule has 1 fully saturated rings. The van der Waals surface area contributed by atoms with Gasteiger partial charge in [0.2, 0.25) is 5.88 Å². The number of carbonyl (C=O) groups excluding carboxylic acids is 1. The third-order valence-corrected chi connectivity index (χ3v) is 3.74. The van der Waals surface area contributed by atoms with E-state index in [0.717, 1.165) is 16.4 Å². The first-order chi connectivity index (χ1) is 8.72. The number of methoxy groups -OCH3 is 1. The van der Waals surface area contributed by atoms with E-state index in [-0.39, 0.29) is 11.9 Å². The molecular weight excluding hydrogens is 347 g/mol. The summed E-state index contributed by atoms with van der Waals surface area (Å²) < 4.78 is 11.2. The van der Waals surface area contributed by atoms with Crippen LogP contribution in [0.15, 0.2) is 12.3 Å². The Balaban J connectivity index is 2.12. The molecule has 1 aliphatic heterocycles. The Morgan fingerprint density at radius 2 is 2.28 bits per heavy atom. The zero-order valence-corrected chi connectivity index (χ0v) is 12.3. The van der Waals surface area contributed by atoms with Gasteiger partial charge in [-0.1, -0.05) is 0 Å². The van der Waals surface area contributed by atoms with E-state index in [2.05, 4.69) is 32.9 Å². The predicted molar refractivity (Wildman–Crippen MR) is 74.8 cm³/mol. The molecule has 1 N–H and O–H groups in total. The molecule has 0 atom stereocenters. The number of nitrogens with zero attached hydrogens (tertiary/aromatic N) is 1. The van der Waals surface area contributed by atoms with Crippen molar-refractivity contribution in [3.05, 3.63) is 21.4 Å². The maximum Gasteiger partial charge on any atom is 0.258 e. The van der Waals surface area contributed by atoms with Gasteiger partial charge in [0, 0.05) is 29.0 Å². The van der Waals surface area contributed by atoms with Gasteiger partial charge >= 0.3 is 0 Å². The molecular formula is C12H15IN2O3. The van der Waals surface area contributed by atoms with E-state index >= 15 is 0 Å². The van der Waals surface area contributed by atoms with Crippen LogP contribution in [0.5, 0.6) is 5.88 Å². The Bertz CT molecular complexity index is 433. The van der Waals surface area contributed by atoms with Gasteiger partial charge in [0.25, 0.3) is 5.91 Å². The van der Waals surface area contributed by atoms with E-state index < -0.39 is 0 Å². The van der Waals surface area contributed by atoms with Gasteiger partial charge in [-0.3, -0.25) is 4.79 Å². The van der Waals surface area contributed by atoms with Crippen LogP contribution in [0.4, 0.5) is 0 Å². The van der Waals surface area contributed by atoms with E-state index in [9.17, 15) is 4.79 Å². The summed E-state index contributed by atoms with van der Waals surface area (Å²) >= 11 is 2.11. The highest BCUT2D eigenvalue weighted by molar-refractivity contribution is 14.1. The third kappa shape index (κ3) is 3.11. The predicted octanol–water partition coefficient (Wildman–Crippen LogP) is 1.60. The minimum absolute atomic E-state index is 0.128. The summed E-state index contributed by atoms with van der Waals surface area (Å²) in [7, 11) is 1.52. The number of ether oxygens (including phenoxy) is 2. The fourth-order valence-electron chi connectivity index (χ4n) is 1.88. The summed E-state index contributed by atoms with van der Waals surface area (Å²) in [6.45, 7) is 1.40. The quantitative estimate of drug-likeness (QED) is 0.830. The minimum Gasteiger partial charge on any atom is -0.480 e. The maximum absolute atomic E-state index is 12.2. The van der Waals surface area contributed by atoms with Gasteiger partial charge in [0.1, 0.15) is 5.56 Å². The molecule has 0 unspecified atom stereocenters. The molecule has 1 amide bonds. The lowest BCUT2D eigenvalue weighted by Gasteiger charge is -2.23. The van der Waals surface area contributed by atoms with Crippen LogP contribution in [0.25, 0.3) is 0 Å². The van der Waals surface area contributed by atoms with Crippen molar-refractivity contribution < 1.29 is 14.3 Å². The van der Waals surface area contributed by atoms with Crippen molar-refractivity contribution in [2.75, 3.05) is 20.3 Å². The van der Waals surface area contributed by atoms with Crippen molar-refractivity contribution in [1.29, 1.82) is 0 Å². The average molecular weight is 362 g/mol. The van der Waals surface area contributed by atoms with Gasteiger partial charge in [-0.15, -0.1) is 0 Å². The lowest BCUT2D eigenvalue weighted by Crippen LogP contribution is -2.39. The Hall–Kier alpha value is -0.890. The van der Waals surface area contributed by atoms with Gasteiger partial charge in [0.15, 0.2) is 0 Å². The molecule has 2 heterocycles. The van der Waals surface area contributed by atoms with Crippen LogP contribution in [0.2, 0.25) is 0 Å². The van der Waals surface area contributed by atoms with Crippen LogP contribution in [0, 0.1) is 3.57 Å². The van der Waals surface area contributed by atoms with E-state index in [1.165, 1.54) is 7.11 Å². The van der Waals surface area contributed by atoms with E-state index in [1.807, 2.05) is 0 Å². The first-order valence-electron chi connectivity index (χ1n) is 5.79. The molecule has 2 rings (SSSR count). The number of hydrogen-bond acceptors (Lipinski definition) is 4. The van der Waals surface area contributed by atoms with Crippen molar-refractivity contribution in [2.24, 2.45) is 0 Å². The van der Waals surface area contributed by atoms with Crippen LogP contribution in [0.3, 0.4) is 0 Å². The largest absolute Gasteiger partial charge is 0.480 e. The standard InChI is InChI=1S/C12H15IN2O3/c1-17-12-10(9(13)2-5-14-12)11(16)15-8-3-6-18-7-4-8/h2,5,8H,3-4,6-7H2,1H3,(H,15,16). The molecule has 1 aliphatic rings. The monoisotopic (exact) mass is 362 g/mol. The Kier molecular flexibility index (Phi) is 4.76. The fourth-order valence-corrected chi connectivity index (χ4v) is 2.52. The molecule has 18 heavy (non-hydrogen) atoms. The summed E-state index contributed by atoms with van der Waals surface area (Å²) in [5, 5.41) is 3.01. The van der Waals surface area contributed by atoms with Crippen molar-refractivity contribution in [1.82, 2.24) is 10.3 Å². The SMILES string of the molecule is COc1nccc(I)c1C(=O)NC1CCOCC1. The second-order valence-corrected chi connectivity index (χ2v) is 5.20. The Morgan fingerprint density at radius 1 is 1.56 bits per heavy atom. The molecule has 0 aromatic carbocycles. The van der Waals surface area contributed by atoms with Crippen molar-refractivity contribution in [3.8, 4) is 5.88 Å². The van der Waals surface area contributed by atoms with Gasteiger partial charge < -0.3 is 14.8 Å². The smallest absolute Gasteiger partial charge is 0.258 e. The summed E-state index contributed by atoms with van der Waals surface area (Å²) in [5.74, 6) is 0.239. The lowest BCUT2D eigenvalue weighted by molar-refractivity contribution is 0.0694. The zero-order valence-electron chi connectivity index (χ0n) is 10.1. The van der Waals surface area contributed by atoms with Gasteiger partial charge in [0.05, 0.1) is 7.11 Å². The normalized spacial score (nSPS) is 16.3. The lowest BCUT2D eigenvalue weighted by atomic mass is 10.1. The maximum atomic E-state index is 12.2. The van der Waals surface area contributed by atoms with Crippen molar-refractivity contribution >= 4 is 28.5 Å². The summed E-state index contributed by atoms with van der Waals surface area (Å²) in [4.78, 5) is 16.3. The number of aromatic nitrogens is 1. The van der Waals surface area contributed by atoms with Crippen molar-refractivity contribution in [3.63, 3.8) is 0 Å². The van der Waals surface area contributed by atoms with Crippen molar-refractivity contribution in [2.45, 2.75) is 18.9 Å². The average Bonchev–Trinajstić information content (AvgIpc) is 2.39. The first-order valence-corrected chi connectivity index (χ1v) is 6.87.